The molecule has 1 aliphatic rings. The Hall–Kier alpha value is -1.78. The van der Waals surface area contributed by atoms with Gasteiger partial charge in [0.15, 0.2) is 0 Å². The summed E-state index contributed by atoms with van der Waals surface area (Å²) in [5, 5.41) is 14.1. The van der Waals surface area contributed by atoms with E-state index in [9.17, 15) is 10.1 Å². The van der Waals surface area contributed by atoms with Crippen LogP contribution in [0.4, 0.5) is 5.00 Å². The smallest absolute Gasteiger partial charge is 0.261 e. The van der Waals surface area contributed by atoms with Crippen LogP contribution in [0.5, 0.6) is 0 Å². The molecule has 5 nitrogen and oxygen atoms in total. The minimum Gasteiger partial charge on any atom is -0.378 e. The Kier molecular flexibility index (Phi) is 5.50. The molecule has 130 valence electrons. The lowest BCUT2D eigenvalue weighted by molar-refractivity contribution is 0.0967. The molecule has 0 bridgehead atoms. The third-order valence-corrected chi connectivity index (χ3v) is 5.73. The van der Waals surface area contributed by atoms with E-state index in [1.807, 2.05) is 0 Å². The van der Waals surface area contributed by atoms with Crippen LogP contribution in [0.1, 0.15) is 15.2 Å². The van der Waals surface area contributed by atoms with Crippen molar-refractivity contribution in [2.45, 2.75) is 0 Å². The fraction of sp³-hybridized carbons (Fsp3) is 0.294. The average molecular weight is 396 g/mol. The van der Waals surface area contributed by atoms with E-state index in [2.05, 4.69) is 16.3 Å². The first kappa shape index (κ1) is 18.0. The first-order valence-corrected chi connectivity index (χ1v) is 9.21. The van der Waals surface area contributed by atoms with Crippen LogP contribution in [0.3, 0.4) is 0 Å². The fourth-order valence-electron chi connectivity index (χ4n) is 2.73. The normalized spacial score (nSPS) is 14.2. The number of benzene rings is 1. The summed E-state index contributed by atoms with van der Waals surface area (Å²) >= 11 is 13.6. The van der Waals surface area contributed by atoms with Gasteiger partial charge in [0.1, 0.15) is 15.9 Å². The first-order chi connectivity index (χ1) is 12.1. The Balaban J connectivity index is 2.22. The minimum atomic E-state index is -0.248. The van der Waals surface area contributed by atoms with Gasteiger partial charge < -0.3 is 15.0 Å². The topological polar surface area (TPSA) is 65.4 Å². The molecular formula is C17H15Cl2N3O2S. The summed E-state index contributed by atoms with van der Waals surface area (Å²) in [5.74, 6) is -0.248. The highest BCUT2D eigenvalue weighted by Gasteiger charge is 2.28. The molecule has 1 fully saturated rings. The van der Waals surface area contributed by atoms with Crippen molar-refractivity contribution in [1.29, 1.82) is 5.26 Å². The van der Waals surface area contributed by atoms with Gasteiger partial charge in [0.2, 0.25) is 0 Å². The number of morpholine rings is 1. The Morgan fingerprint density at radius 1 is 1.36 bits per heavy atom. The quantitative estimate of drug-likeness (QED) is 0.858. The fourth-order valence-corrected chi connectivity index (χ4v) is 4.50. The molecule has 0 atom stereocenters. The van der Waals surface area contributed by atoms with E-state index in [0.29, 0.717) is 57.9 Å². The predicted molar refractivity (Wildman–Crippen MR) is 101 cm³/mol. The number of hydrogen-bond acceptors (Lipinski definition) is 5. The Morgan fingerprint density at radius 2 is 2.08 bits per heavy atom. The lowest BCUT2D eigenvalue weighted by Crippen LogP contribution is -2.36. The summed E-state index contributed by atoms with van der Waals surface area (Å²) in [6.07, 6.45) is 0. The zero-order valence-electron chi connectivity index (χ0n) is 13.4. The maximum atomic E-state index is 12.4. The van der Waals surface area contributed by atoms with Crippen molar-refractivity contribution in [3.8, 4) is 17.2 Å². The van der Waals surface area contributed by atoms with Gasteiger partial charge in [0.25, 0.3) is 5.91 Å². The molecule has 25 heavy (non-hydrogen) atoms. The highest BCUT2D eigenvalue weighted by atomic mass is 35.5. The maximum Gasteiger partial charge on any atom is 0.261 e. The molecule has 1 aromatic carbocycles. The second kappa shape index (κ2) is 7.63. The lowest BCUT2D eigenvalue weighted by Gasteiger charge is -2.27. The van der Waals surface area contributed by atoms with E-state index in [0.717, 1.165) is 5.00 Å². The van der Waals surface area contributed by atoms with Crippen molar-refractivity contribution in [2.75, 3.05) is 38.3 Å². The molecule has 3 rings (SSSR count). The number of rotatable bonds is 3. The monoisotopic (exact) mass is 395 g/mol. The molecular weight excluding hydrogens is 381 g/mol. The summed E-state index contributed by atoms with van der Waals surface area (Å²) in [7, 11) is 1.57. The summed E-state index contributed by atoms with van der Waals surface area (Å²) in [5.41, 5.74) is 1.63. The number of nitrogens with one attached hydrogen (secondary N) is 1. The second-order valence-corrected chi connectivity index (χ2v) is 7.24. The molecule has 8 heteroatoms. The lowest BCUT2D eigenvalue weighted by atomic mass is 10.0. The van der Waals surface area contributed by atoms with Crippen molar-refractivity contribution < 1.29 is 9.53 Å². The number of carbonyl (C=O) groups excluding carboxylic acids is 1. The molecule has 0 unspecified atom stereocenters. The molecule has 1 aromatic heterocycles. The van der Waals surface area contributed by atoms with Gasteiger partial charge in [-0.05, 0) is 12.1 Å². The minimum absolute atomic E-state index is 0.248. The largest absolute Gasteiger partial charge is 0.378 e. The number of carbonyl (C=O) groups is 1. The zero-order chi connectivity index (χ0) is 18.0. The average Bonchev–Trinajstić information content (AvgIpc) is 3.01. The number of nitrogens with zero attached hydrogens (tertiary/aromatic N) is 2. The summed E-state index contributed by atoms with van der Waals surface area (Å²) < 4.78 is 5.38. The second-order valence-electron chi connectivity index (χ2n) is 5.40. The summed E-state index contributed by atoms with van der Waals surface area (Å²) in [4.78, 5) is 15.0. The Morgan fingerprint density at radius 3 is 2.68 bits per heavy atom. The van der Waals surface area contributed by atoms with E-state index in [1.54, 1.807) is 25.2 Å². The zero-order valence-corrected chi connectivity index (χ0v) is 15.8. The van der Waals surface area contributed by atoms with Gasteiger partial charge in [-0.15, -0.1) is 11.3 Å². The van der Waals surface area contributed by atoms with E-state index in [-0.39, 0.29) is 5.91 Å². The van der Waals surface area contributed by atoms with E-state index >= 15 is 0 Å². The number of amides is 1. The van der Waals surface area contributed by atoms with Crippen LogP contribution < -0.4 is 10.2 Å². The van der Waals surface area contributed by atoms with Gasteiger partial charge in [-0.1, -0.05) is 29.3 Å². The number of thiophene rings is 1. The van der Waals surface area contributed by atoms with Crippen molar-refractivity contribution in [3.63, 3.8) is 0 Å². The van der Waals surface area contributed by atoms with Crippen LogP contribution in [0.2, 0.25) is 10.0 Å². The van der Waals surface area contributed by atoms with Gasteiger partial charge in [0, 0.05) is 41.3 Å². The Labute approximate surface area is 159 Å². The van der Waals surface area contributed by atoms with Gasteiger partial charge in [-0.2, -0.15) is 5.26 Å². The van der Waals surface area contributed by atoms with Crippen LogP contribution in [0.15, 0.2) is 18.2 Å². The molecule has 2 aromatic rings. The van der Waals surface area contributed by atoms with Gasteiger partial charge in [-0.25, -0.2) is 0 Å². The molecule has 0 saturated carbocycles. The van der Waals surface area contributed by atoms with Crippen LogP contribution in [0.25, 0.3) is 11.1 Å². The van der Waals surface area contributed by atoms with Gasteiger partial charge in [0.05, 0.1) is 18.8 Å². The van der Waals surface area contributed by atoms with Crippen LogP contribution in [0, 0.1) is 11.3 Å². The third-order valence-electron chi connectivity index (χ3n) is 3.93. The number of hydrogen-bond donors (Lipinski definition) is 1. The van der Waals surface area contributed by atoms with Gasteiger partial charge >= 0.3 is 0 Å². The van der Waals surface area contributed by atoms with Crippen LogP contribution in [-0.4, -0.2) is 39.3 Å². The van der Waals surface area contributed by atoms with Crippen LogP contribution >= 0.6 is 34.5 Å². The van der Waals surface area contributed by atoms with Crippen molar-refractivity contribution in [1.82, 2.24) is 5.32 Å². The third kappa shape index (κ3) is 3.46. The highest BCUT2D eigenvalue weighted by Crippen LogP contribution is 2.44. The van der Waals surface area contributed by atoms with E-state index in [4.69, 9.17) is 27.9 Å². The Bertz CT molecular complexity index is 854. The van der Waals surface area contributed by atoms with Gasteiger partial charge in [-0.3, -0.25) is 4.79 Å². The van der Waals surface area contributed by atoms with Crippen molar-refractivity contribution in [3.05, 3.63) is 38.7 Å². The number of halogens is 2. The molecule has 1 aliphatic heterocycles. The first-order valence-electron chi connectivity index (χ1n) is 7.64. The summed E-state index contributed by atoms with van der Waals surface area (Å²) in [6.45, 7) is 2.54. The standard InChI is InChI=1S/C17H15Cl2N3O2S/c1-21-16(23)15-14(11-3-2-10(18)8-13(11)19)12(9-20)17(25-15)22-4-6-24-7-5-22/h2-3,8H,4-7H2,1H3,(H,21,23). The number of nitriles is 1. The molecule has 1 saturated heterocycles. The molecule has 0 spiro atoms. The molecule has 0 radical (unpaired) electrons. The molecule has 0 aliphatic carbocycles. The molecule has 1 amide bonds. The van der Waals surface area contributed by atoms with Crippen molar-refractivity contribution >= 4 is 45.4 Å². The van der Waals surface area contributed by atoms with Crippen molar-refractivity contribution in [2.24, 2.45) is 0 Å². The maximum absolute atomic E-state index is 12.4. The number of ether oxygens (including phenoxy) is 1. The van der Waals surface area contributed by atoms with E-state index < -0.39 is 0 Å². The van der Waals surface area contributed by atoms with E-state index in [1.165, 1.54) is 11.3 Å². The molecule has 1 N–H and O–H groups in total. The van der Waals surface area contributed by atoms with Crippen LogP contribution in [-0.2, 0) is 4.74 Å². The predicted octanol–water partition coefficient (Wildman–Crippen LogP) is 3.79. The summed E-state index contributed by atoms with van der Waals surface area (Å²) in [6, 6.07) is 7.31. The number of anilines is 1. The highest BCUT2D eigenvalue weighted by molar-refractivity contribution is 7.19. The SMILES string of the molecule is CNC(=O)c1sc(N2CCOCC2)c(C#N)c1-c1ccc(Cl)cc1Cl. The molecule has 2 heterocycles.